The van der Waals surface area contributed by atoms with Gasteiger partial charge in [-0.3, -0.25) is 0 Å². The zero-order chi connectivity index (χ0) is 19.6. The van der Waals surface area contributed by atoms with Crippen LogP contribution in [0.15, 0.2) is 79.5 Å². The summed E-state index contributed by atoms with van der Waals surface area (Å²) in [5.74, 6) is 0.840. The molecule has 0 aliphatic rings. The third kappa shape index (κ3) is 3.50. The van der Waals surface area contributed by atoms with Crippen LogP contribution < -0.4 is 4.74 Å². The van der Waals surface area contributed by atoms with Gasteiger partial charge >= 0.3 is 0 Å². The van der Waals surface area contributed by atoms with E-state index in [1.807, 2.05) is 54.5 Å². The minimum Gasteiger partial charge on any atom is -0.489 e. The summed E-state index contributed by atoms with van der Waals surface area (Å²) in [6.45, 7) is 0.553. The quantitative estimate of drug-likeness (QED) is 0.401. The second-order valence-electron chi connectivity index (χ2n) is 6.75. The summed E-state index contributed by atoms with van der Waals surface area (Å²) in [7, 11) is 2.01. The maximum Gasteiger partial charge on any atom is 0.127 e. The van der Waals surface area contributed by atoms with Gasteiger partial charge < -0.3 is 9.30 Å². The first-order valence-electron chi connectivity index (χ1n) is 9.26. The molecular weight excluding hydrogens is 380 g/mol. The number of fused-ring (bicyclic) bond motifs is 1. The molecule has 6 heteroatoms. The fourth-order valence-electron chi connectivity index (χ4n) is 3.29. The summed E-state index contributed by atoms with van der Waals surface area (Å²) in [4.78, 5) is 15.2. The molecule has 0 unspecified atom stereocenters. The maximum absolute atomic E-state index is 5.90. The summed E-state index contributed by atoms with van der Waals surface area (Å²) < 4.78 is 7.95. The number of thiophene rings is 1. The van der Waals surface area contributed by atoms with Crippen LogP contribution in [0.1, 0.15) is 5.56 Å². The molecule has 2 aromatic carbocycles. The lowest BCUT2D eigenvalue weighted by Crippen LogP contribution is -1.95. The number of ether oxygens (including phenoxy) is 1. The van der Waals surface area contributed by atoms with Gasteiger partial charge in [-0.1, -0.05) is 30.3 Å². The van der Waals surface area contributed by atoms with Crippen LogP contribution in [0.3, 0.4) is 0 Å². The molecule has 29 heavy (non-hydrogen) atoms. The van der Waals surface area contributed by atoms with E-state index in [-0.39, 0.29) is 0 Å². The predicted molar refractivity (Wildman–Crippen MR) is 116 cm³/mol. The minimum atomic E-state index is 0.553. The monoisotopic (exact) mass is 398 g/mol. The van der Waals surface area contributed by atoms with Gasteiger partial charge in [-0.25, -0.2) is 15.0 Å². The number of benzene rings is 2. The maximum atomic E-state index is 5.90. The van der Waals surface area contributed by atoms with E-state index in [9.17, 15) is 0 Å². The van der Waals surface area contributed by atoms with Crippen molar-refractivity contribution in [1.29, 1.82) is 0 Å². The molecule has 0 spiro atoms. The van der Waals surface area contributed by atoms with Gasteiger partial charge in [0.15, 0.2) is 0 Å². The lowest BCUT2D eigenvalue weighted by Gasteiger charge is -2.08. The molecule has 0 N–H and O–H groups in total. The van der Waals surface area contributed by atoms with E-state index in [2.05, 4.69) is 45.3 Å². The van der Waals surface area contributed by atoms with Crippen LogP contribution >= 0.6 is 11.3 Å². The van der Waals surface area contributed by atoms with Gasteiger partial charge in [0.25, 0.3) is 0 Å². The average molecular weight is 398 g/mol. The fraction of sp³-hybridized carbons (Fsp3) is 0.0870. The first kappa shape index (κ1) is 17.6. The van der Waals surface area contributed by atoms with Gasteiger partial charge in [-0.2, -0.15) is 0 Å². The van der Waals surface area contributed by atoms with Gasteiger partial charge in [-0.05, 0) is 35.9 Å². The van der Waals surface area contributed by atoms with Crippen molar-refractivity contribution in [2.75, 3.05) is 0 Å². The fourth-order valence-corrected chi connectivity index (χ4v) is 4.35. The minimum absolute atomic E-state index is 0.553. The normalized spacial score (nSPS) is 11.1. The van der Waals surface area contributed by atoms with Gasteiger partial charge in [0.1, 0.15) is 23.5 Å². The Morgan fingerprint density at radius 3 is 2.62 bits per heavy atom. The molecule has 0 amide bonds. The summed E-state index contributed by atoms with van der Waals surface area (Å²) >= 11 is 1.65. The van der Waals surface area contributed by atoms with E-state index in [0.29, 0.717) is 6.61 Å². The molecule has 3 heterocycles. The molecule has 0 saturated carbocycles. The molecule has 0 saturated heterocycles. The second-order valence-corrected chi connectivity index (χ2v) is 7.78. The second kappa shape index (κ2) is 7.48. The van der Waals surface area contributed by atoms with Crippen molar-refractivity contribution in [3.05, 3.63) is 85.1 Å². The molecule has 0 aliphatic carbocycles. The van der Waals surface area contributed by atoms with Gasteiger partial charge in [0.05, 0.1) is 22.6 Å². The van der Waals surface area contributed by atoms with Crippen LogP contribution in [0.2, 0.25) is 0 Å². The largest absolute Gasteiger partial charge is 0.489 e. The van der Waals surface area contributed by atoms with Crippen LogP contribution in [0.25, 0.3) is 32.0 Å². The first-order chi connectivity index (χ1) is 14.3. The van der Waals surface area contributed by atoms with E-state index in [1.165, 1.54) is 0 Å². The number of aromatic nitrogens is 4. The number of rotatable bonds is 5. The smallest absolute Gasteiger partial charge is 0.127 e. The molecule has 5 aromatic rings. The van der Waals surface area contributed by atoms with Gasteiger partial charge in [0.2, 0.25) is 0 Å². The molecule has 0 fully saturated rings. The van der Waals surface area contributed by atoms with Crippen molar-refractivity contribution in [2.45, 2.75) is 6.61 Å². The topological polar surface area (TPSA) is 52.8 Å². The lowest BCUT2D eigenvalue weighted by molar-refractivity contribution is 0.306. The first-order valence-corrected chi connectivity index (χ1v) is 10.1. The molecular formula is C23H18N4OS. The van der Waals surface area contributed by atoms with E-state index < -0.39 is 0 Å². The van der Waals surface area contributed by atoms with Gasteiger partial charge in [-0.15, -0.1) is 11.3 Å². The Labute approximate surface area is 172 Å². The molecule has 0 bridgehead atoms. The number of imidazole rings is 1. The molecule has 3 aromatic heterocycles. The Balaban J connectivity index is 1.43. The highest BCUT2D eigenvalue weighted by Gasteiger charge is 2.16. The predicted octanol–water partition coefficient (Wildman–Crippen LogP) is 5.34. The molecule has 0 aliphatic heterocycles. The summed E-state index contributed by atoms with van der Waals surface area (Å²) in [5.41, 5.74) is 4.22. The van der Waals surface area contributed by atoms with Crippen molar-refractivity contribution < 1.29 is 4.74 Å². The van der Waals surface area contributed by atoms with Crippen LogP contribution in [0.4, 0.5) is 0 Å². The molecule has 0 radical (unpaired) electrons. The Morgan fingerprint density at radius 1 is 1.00 bits per heavy atom. The lowest BCUT2D eigenvalue weighted by atomic mass is 10.1. The van der Waals surface area contributed by atoms with Crippen LogP contribution in [-0.2, 0) is 13.7 Å². The van der Waals surface area contributed by atoms with Crippen molar-refractivity contribution >= 4 is 21.6 Å². The Hall–Kier alpha value is -3.51. The Kier molecular flexibility index (Phi) is 4.54. The SMILES string of the molecule is Cn1cnc(-c2ccc(OCc3ccccc3)cc2)c1-c1cc2cncnc2s1. The van der Waals surface area contributed by atoms with E-state index in [0.717, 1.165) is 43.4 Å². The third-order valence-corrected chi connectivity index (χ3v) is 5.81. The highest BCUT2D eigenvalue weighted by atomic mass is 32.1. The number of aryl methyl sites for hydroxylation is 1. The zero-order valence-corrected chi connectivity index (χ0v) is 16.6. The molecule has 5 nitrogen and oxygen atoms in total. The Bertz CT molecular complexity index is 1230. The summed E-state index contributed by atoms with van der Waals surface area (Å²) in [6.07, 6.45) is 5.28. The molecule has 5 rings (SSSR count). The van der Waals surface area contributed by atoms with Crippen LogP contribution in [0.5, 0.6) is 5.75 Å². The Morgan fingerprint density at radius 2 is 1.83 bits per heavy atom. The van der Waals surface area contributed by atoms with Gasteiger partial charge in [0, 0.05) is 24.2 Å². The number of nitrogens with zero attached hydrogens (tertiary/aromatic N) is 4. The average Bonchev–Trinajstić information content (AvgIpc) is 3.36. The van der Waals surface area contributed by atoms with E-state index in [4.69, 9.17) is 4.74 Å². The molecule has 0 atom stereocenters. The highest BCUT2D eigenvalue weighted by molar-refractivity contribution is 7.21. The summed E-state index contributed by atoms with van der Waals surface area (Å²) in [5, 5.41) is 1.05. The van der Waals surface area contributed by atoms with Crippen LogP contribution in [-0.4, -0.2) is 19.5 Å². The van der Waals surface area contributed by atoms with E-state index >= 15 is 0 Å². The van der Waals surface area contributed by atoms with E-state index in [1.54, 1.807) is 17.7 Å². The third-order valence-electron chi connectivity index (χ3n) is 4.74. The van der Waals surface area contributed by atoms with Crippen molar-refractivity contribution in [3.8, 4) is 27.6 Å². The van der Waals surface area contributed by atoms with Crippen molar-refractivity contribution in [3.63, 3.8) is 0 Å². The standard InChI is InChI=1S/C23H18N4OS/c1-27-15-26-21(22(27)20-11-18-12-24-14-25-23(18)29-20)17-7-9-19(10-8-17)28-13-16-5-3-2-4-6-16/h2-12,14-15H,13H2,1H3. The highest BCUT2D eigenvalue weighted by Crippen LogP contribution is 2.37. The summed E-state index contributed by atoms with van der Waals surface area (Å²) in [6, 6.07) is 20.4. The van der Waals surface area contributed by atoms with Crippen molar-refractivity contribution in [2.24, 2.45) is 7.05 Å². The molecule has 142 valence electrons. The number of hydrogen-bond acceptors (Lipinski definition) is 5. The van der Waals surface area contributed by atoms with Crippen molar-refractivity contribution in [1.82, 2.24) is 19.5 Å². The zero-order valence-electron chi connectivity index (χ0n) is 15.8. The number of hydrogen-bond donors (Lipinski definition) is 0. The van der Waals surface area contributed by atoms with Crippen LogP contribution in [0, 0.1) is 0 Å².